The number of amides is 1. The third-order valence-corrected chi connectivity index (χ3v) is 6.04. The lowest BCUT2D eigenvalue weighted by Crippen LogP contribution is -2.45. The Morgan fingerprint density at radius 2 is 1.82 bits per heavy atom. The number of carbonyl (C=O) groups excluding carboxylic acids is 3. The SMILES string of the molecule is COC(=O)C(=O)c1[nH]cc2nc(OC)c(C(=O)N3CCC(F)(Cc4ccc(F)cc4)CC3)cc12. The Morgan fingerprint density at radius 1 is 1.15 bits per heavy atom. The number of aromatic amines is 1. The van der Waals surface area contributed by atoms with Crippen LogP contribution >= 0.6 is 0 Å². The first kappa shape index (κ1) is 23.3. The summed E-state index contributed by atoms with van der Waals surface area (Å²) in [4.78, 5) is 45.7. The summed E-state index contributed by atoms with van der Waals surface area (Å²) < 4.78 is 38.3. The predicted octanol–water partition coefficient (Wildman–Crippen LogP) is 3.25. The zero-order valence-corrected chi connectivity index (χ0v) is 18.7. The molecule has 0 atom stereocenters. The van der Waals surface area contributed by atoms with Gasteiger partial charge in [0.15, 0.2) is 0 Å². The van der Waals surface area contributed by atoms with Crippen LogP contribution in [-0.4, -0.2) is 65.5 Å². The summed E-state index contributed by atoms with van der Waals surface area (Å²) in [6.07, 6.45) is 1.79. The Balaban J connectivity index is 1.55. The molecule has 1 aromatic carbocycles. The van der Waals surface area contributed by atoms with E-state index in [-0.39, 0.29) is 60.7 Å². The number of likely N-dealkylation sites (tertiary alicyclic amines) is 1. The van der Waals surface area contributed by atoms with Gasteiger partial charge in [-0.2, -0.15) is 0 Å². The van der Waals surface area contributed by atoms with Crippen LogP contribution in [0, 0.1) is 5.82 Å². The summed E-state index contributed by atoms with van der Waals surface area (Å²) in [7, 11) is 2.46. The van der Waals surface area contributed by atoms with Gasteiger partial charge in [0.25, 0.3) is 11.7 Å². The van der Waals surface area contributed by atoms with Gasteiger partial charge in [0.1, 0.15) is 22.7 Å². The number of ketones is 1. The van der Waals surface area contributed by atoms with Crippen LogP contribution in [-0.2, 0) is 16.0 Å². The highest BCUT2D eigenvalue weighted by atomic mass is 19.1. The van der Waals surface area contributed by atoms with E-state index in [1.54, 1.807) is 12.1 Å². The first-order valence-corrected chi connectivity index (χ1v) is 10.7. The highest BCUT2D eigenvalue weighted by Crippen LogP contribution is 2.33. The van der Waals surface area contributed by atoms with Crippen molar-refractivity contribution in [2.24, 2.45) is 0 Å². The van der Waals surface area contributed by atoms with Crippen LogP contribution in [0.25, 0.3) is 10.9 Å². The minimum absolute atomic E-state index is 0.0493. The molecule has 0 radical (unpaired) electrons. The molecule has 1 aliphatic heterocycles. The van der Waals surface area contributed by atoms with E-state index in [9.17, 15) is 18.8 Å². The third kappa shape index (κ3) is 4.48. The van der Waals surface area contributed by atoms with Crippen molar-refractivity contribution in [3.05, 3.63) is 59.2 Å². The second kappa shape index (κ2) is 9.20. The molecule has 0 aliphatic carbocycles. The summed E-state index contributed by atoms with van der Waals surface area (Å²) >= 11 is 0. The molecule has 0 spiro atoms. The summed E-state index contributed by atoms with van der Waals surface area (Å²) in [5.74, 6) is -2.70. The minimum atomic E-state index is -1.51. The number of H-pyrrole nitrogens is 1. The van der Waals surface area contributed by atoms with E-state index in [0.29, 0.717) is 11.1 Å². The van der Waals surface area contributed by atoms with Crippen molar-refractivity contribution >= 4 is 28.6 Å². The molecule has 1 aliphatic rings. The normalized spacial score (nSPS) is 15.2. The van der Waals surface area contributed by atoms with Crippen molar-refractivity contribution in [3.63, 3.8) is 0 Å². The Hall–Kier alpha value is -3.82. The molecule has 2 aromatic heterocycles. The van der Waals surface area contributed by atoms with Crippen LogP contribution in [0.15, 0.2) is 36.5 Å². The summed E-state index contributed by atoms with van der Waals surface area (Å²) in [5.41, 5.74) is -0.441. The van der Waals surface area contributed by atoms with Gasteiger partial charge in [-0.15, -0.1) is 0 Å². The van der Waals surface area contributed by atoms with Crippen molar-refractivity contribution < 1.29 is 32.6 Å². The Bertz CT molecular complexity index is 1250. The number of benzene rings is 1. The molecule has 0 saturated carbocycles. The van der Waals surface area contributed by atoms with Gasteiger partial charge in [0.2, 0.25) is 5.88 Å². The lowest BCUT2D eigenvalue weighted by molar-refractivity contribution is -0.135. The number of piperidine rings is 1. The standard InChI is InChI=1S/C24H23F2N3O5/c1-33-21-17(11-16-18(28-21)13-27-19(16)20(30)23(32)34-2)22(31)29-9-7-24(26,8-10-29)12-14-3-5-15(25)6-4-14/h3-6,11,13,27H,7-10,12H2,1-2H3. The third-order valence-electron chi connectivity index (χ3n) is 6.04. The second-order valence-corrected chi connectivity index (χ2v) is 8.21. The molecule has 1 amide bonds. The Kier molecular flexibility index (Phi) is 6.32. The fourth-order valence-corrected chi connectivity index (χ4v) is 4.16. The van der Waals surface area contributed by atoms with Crippen molar-refractivity contribution in [1.82, 2.24) is 14.9 Å². The van der Waals surface area contributed by atoms with Gasteiger partial charge in [-0.1, -0.05) is 12.1 Å². The van der Waals surface area contributed by atoms with Gasteiger partial charge >= 0.3 is 5.97 Å². The molecule has 8 nitrogen and oxygen atoms in total. The monoisotopic (exact) mass is 471 g/mol. The van der Waals surface area contributed by atoms with E-state index in [1.165, 1.54) is 36.4 Å². The molecule has 1 N–H and O–H groups in total. The van der Waals surface area contributed by atoms with Crippen molar-refractivity contribution in [1.29, 1.82) is 0 Å². The molecule has 3 aromatic rings. The van der Waals surface area contributed by atoms with Crippen molar-refractivity contribution in [2.75, 3.05) is 27.3 Å². The van der Waals surface area contributed by atoms with Gasteiger partial charge in [0, 0.05) is 31.1 Å². The van der Waals surface area contributed by atoms with Crippen molar-refractivity contribution in [3.8, 4) is 5.88 Å². The molecular formula is C24H23F2N3O5. The first-order valence-electron chi connectivity index (χ1n) is 10.7. The number of methoxy groups -OCH3 is 2. The molecule has 0 unspecified atom stereocenters. The highest BCUT2D eigenvalue weighted by molar-refractivity contribution is 6.42. The number of pyridine rings is 1. The molecule has 34 heavy (non-hydrogen) atoms. The maximum absolute atomic E-state index is 15.4. The Morgan fingerprint density at radius 3 is 2.44 bits per heavy atom. The number of hydrogen-bond donors (Lipinski definition) is 1. The van der Waals surface area contributed by atoms with E-state index in [0.717, 1.165) is 7.11 Å². The quantitative estimate of drug-likeness (QED) is 0.337. The number of alkyl halides is 1. The Labute approximate surface area is 193 Å². The molecule has 3 heterocycles. The summed E-state index contributed by atoms with van der Waals surface area (Å²) in [5, 5.41) is 0.271. The van der Waals surface area contributed by atoms with Crippen molar-refractivity contribution in [2.45, 2.75) is 24.9 Å². The fraction of sp³-hybridized carbons (Fsp3) is 0.333. The lowest BCUT2D eigenvalue weighted by Gasteiger charge is -2.36. The number of hydrogen-bond acceptors (Lipinski definition) is 6. The zero-order chi connectivity index (χ0) is 24.5. The summed E-state index contributed by atoms with van der Waals surface area (Å²) in [6.45, 7) is 0.331. The van der Waals surface area contributed by atoms with E-state index < -0.39 is 23.3 Å². The van der Waals surface area contributed by atoms with E-state index >= 15 is 4.39 Å². The highest BCUT2D eigenvalue weighted by Gasteiger charge is 2.37. The average Bonchev–Trinajstić information content (AvgIpc) is 3.26. The molecule has 1 fully saturated rings. The first-order chi connectivity index (χ1) is 16.2. The lowest BCUT2D eigenvalue weighted by atomic mass is 9.87. The fourth-order valence-electron chi connectivity index (χ4n) is 4.16. The van der Waals surface area contributed by atoms with E-state index in [2.05, 4.69) is 14.7 Å². The molecule has 178 valence electrons. The number of aromatic nitrogens is 2. The summed E-state index contributed by atoms with van der Waals surface area (Å²) in [6, 6.07) is 7.15. The van der Waals surface area contributed by atoms with Gasteiger partial charge in [-0.05, 0) is 36.6 Å². The van der Waals surface area contributed by atoms with E-state index in [4.69, 9.17) is 4.74 Å². The number of ether oxygens (including phenoxy) is 2. The largest absolute Gasteiger partial charge is 0.480 e. The number of carbonyl (C=O) groups is 3. The van der Waals surface area contributed by atoms with Crippen LogP contribution < -0.4 is 4.74 Å². The maximum Gasteiger partial charge on any atom is 0.381 e. The van der Waals surface area contributed by atoms with Gasteiger partial charge in [-0.3, -0.25) is 9.59 Å². The number of fused-ring (bicyclic) bond motifs is 1. The van der Waals surface area contributed by atoms with Gasteiger partial charge in [0.05, 0.1) is 19.7 Å². The minimum Gasteiger partial charge on any atom is -0.480 e. The second-order valence-electron chi connectivity index (χ2n) is 8.21. The predicted molar refractivity (Wildman–Crippen MR) is 118 cm³/mol. The number of nitrogens with zero attached hydrogens (tertiary/aromatic N) is 2. The number of nitrogens with one attached hydrogen (secondary N) is 1. The maximum atomic E-state index is 15.4. The number of esters is 1. The molecule has 1 saturated heterocycles. The van der Waals surface area contributed by atoms with Gasteiger partial charge in [-0.25, -0.2) is 18.6 Å². The average molecular weight is 471 g/mol. The van der Waals surface area contributed by atoms with Crippen LogP contribution in [0.2, 0.25) is 0 Å². The zero-order valence-electron chi connectivity index (χ0n) is 18.7. The smallest absolute Gasteiger partial charge is 0.381 e. The molecule has 0 bridgehead atoms. The van der Waals surface area contributed by atoms with E-state index in [1.807, 2.05) is 0 Å². The topological polar surface area (TPSA) is 102 Å². The molecule has 10 heteroatoms. The molecule has 4 rings (SSSR count). The van der Waals surface area contributed by atoms with Crippen LogP contribution in [0.5, 0.6) is 5.88 Å². The number of rotatable bonds is 6. The van der Waals surface area contributed by atoms with Crippen LogP contribution in [0.4, 0.5) is 8.78 Å². The number of halogens is 2. The molecular weight excluding hydrogens is 448 g/mol. The van der Waals surface area contributed by atoms with Gasteiger partial charge < -0.3 is 19.4 Å². The van der Waals surface area contributed by atoms with Crippen LogP contribution in [0.3, 0.4) is 0 Å². The number of Topliss-reactive ketones (excluding diaryl/α,β-unsaturated/α-hetero) is 1. The van der Waals surface area contributed by atoms with Crippen LogP contribution in [0.1, 0.15) is 39.3 Å².